The van der Waals surface area contributed by atoms with Crippen LogP contribution in [-0.4, -0.2) is 40.9 Å². The molecule has 0 atom stereocenters. The van der Waals surface area contributed by atoms with Crippen molar-refractivity contribution < 1.29 is 0 Å². The van der Waals surface area contributed by atoms with Gasteiger partial charge in [0.15, 0.2) is 0 Å². The highest BCUT2D eigenvalue weighted by atomic mass is 15.3. The van der Waals surface area contributed by atoms with Crippen molar-refractivity contribution in [2.24, 2.45) is 0 Å². The molecular weight excluding hydrogens is 224 g/mol. The average molecular weight is 252 g/mol. The lowest BCUT2D eigenvalue weighted by molar-refractivity contribution is 0.287. The smallest absolute Gasteiger partial charge is 0.0534 e. The molecule has 0 radical (unpaired) electrons. The van der Waals surface area contributed by atoms with E-state index in [-0.39, 0.29) is 0 Å². The van der Waals surface area contributed by atoms with E-state index in [0.29, 0.717) is 0 Å². The second-order valence-corrected chi connectivity index (χ2v) is 4.72. The van der Waals surface area contributed by atoms with Crippen LogP contribution < -0.4 is 5.32 Å². The number of hydrogen-bond donors (Lipinski definition) is 1. The van der Waals surface area contributed by atoms with Crippen molar-refractivity contribution in [2.45, 2.75) is 46.7 Å². The number of nitrogens with one attached hydrogen (secondary N) is 1. The highest BCUT2D eigenvalue weighted by Crippen LogP contribution is 1.98. The molecule has 4 nitrogen and oxygen atoms in total. The quantitative estimate of drug-likeness (QED) is 0.648. The van der Waals surface area contributed by atoms with Crippen LogP contribution >= 0.6 is 0 Å². The molecule has 0 unspecified atom stereocenters. The molecule has 18 heavy (non-hydrogen) atoms. The molecule has 0 fully saturated rings. The summed E-state index contributed by atoms with van der Waals surface area (Å²) in [7, 11) is 0. The van der Waals surface area contributed by atoms with E-state index in [1.165, 1.54) is 18.5 Å². The second-order valence-electron chi connectivity index (χ2n) is 4.72. The van der Waals surface area contributed by atoms with Crippen molar-refractivity contribution in [3.63, 3.8) is 0 Å². The highest BCUT2D eigenvalue weighted by molar-refractivity contribution is 5.03. The fourth-order valence-corrected chi connectivity index (χ4v) is 2.06. The number of hydrogen-bond acceptors (Lipinski definition) is 3. The van der Waals surface area contributed by atoms with E-state index in [1.807, 2.05) is 10.9 Å². The molecule has 1 rings (SSSR count). The lowest BCUT2D eigenvalue weighted by Crippen LogP contribution is -2.32. The Hall–Kier alpha value is -0.870. The van der Waals surface area contributed by atoms with E-state index in [9.17, 15) is 0 Å². The predicted molar refractivity (Wildman–Crippen MR) is 76.6 cm³/mol. The Labute approximate surface area is 111 Å². The summed E-state index contributed by atoms with van der Waals surface area (Å²) in [6, 6.07) is 0. The second kappa shape index (κ2) is 9.11. The molecule has 0 saturated heterocycles. The average Bonchev–Trinajstić information content (AvgIpc) is 2.81. The number of aryl methyl sites for hydroxylation is 1. The van der Waals surface area contributed by atoms with Crippen molar-refractivity contribution in [2.75, 3.05) is 26.2 Å². The van der Waals surface area contributed by atoms with E-state index in [0.717, 1.165) is 39.1 Å². The lowest BCUT2D eigenvalue weighted by atomic mass is 10.3. The van der Waals surface area contributed by atoms with Crippen molar-refractivity contribution in [1.82, 2.24) is 20.0 Å². The monoisotopic (exact) mass is 252 g/mol. The molecule has 0 aromatic carbocycles. The predicted octanol–water partition coefficient (Wildman–Crippen LogP) is 2.11. The lowest BCUT2D eigenvalue weighted by Gasteiger charge is -2.19. The van der Waals surface area contributed by atoms with E-state index in [1.54, 1.807) is 0 Å². The van der Waals surface area contributed by atoms with Gasteiger partial charge in [0.25, 0.3) is 0 Å². The molecule has 0 aliphatic rings. The molecule has 1 aromatic heterocycles. The molecule has 0 aliphatic heterocycles. The molecule has 1 N–H and O–H groups in total. The van der Waals surface area contributed by atoms with Crippen molar-refractivity contribution in [1.29, 1.82) is 0 Å². The maximum Gasteiger partial charge on any atom is 0.0534 e. The Morgan fingerprint density at radius 3 is 2.72 bits per heavy atom. The summed E-state index contributed by atoms with van der Waals surface area (Å²) < 4.78 is 2.02. The van der Waals surface area contributed by atoms with Gasteiger partial charge in [-0.15, -0.1) is 0 Å². The van der Waals surface area contributed by atoms with Crippen LogP contribution in [0.15, 0.2) is 12.4 Å². The van der Waals surface area contributed by atoms with E-state index >= 15 is 0 Å². The van der Waals surface area contributed by atoms with Crippen molar-refractivity contribution in [3.05, 3.63) is 18.0 Å². The van der Waals surface area contributed by atoms with Crippen LogP contribution in [0.2, 0.25) is 0 Å². The molecule has 1 heterocycles. The van der Waals surface area contributed by atoms with Crippen molar-refractivity contribution >= 4 is 0 Å². The Morgan fingerprint density at radius 1 is 1.22 bits per heavy atom. The van der Waals surface area contributed by atoms with E-state index < -0.39 is 0 Å². The Morgan fingerprint density at radius 2 is 2.06 bits per heavy atom. The van der Waals surface area contributed by atoms with Gasteiger partial charge in [0.2, 0.25) is 0 Å². The number of rotatable bonds is 10. The van der Waals surface area contributed by atoms with Crippen LogP contribution in [0.25, 0.3) is 0 Å². The number of likely N-dealkylation sites (N-methyl/N-ethyl adjacent to an activating group) is 1. The summed E-state index contributed by atoms with van der Waals surface area (Å²) in [6.07, 6.45) is 6.47. The largest absolute Gasteiger partial charge is 0.311 e. The van der Waals surface area contributed by atoms with Gasteiger partial charge < -0.3 is 10.2 Å². The van der Waals surface area contributed by atoms with Gasteiger partial charge in [0.05, 0.1) is 6.20 Å². The Kier molecular flexibility index (Phi) is 7.69. The summed E-state index contributed by atoms with van der Waals surface area (Å²) in [5.74, 6) is 0. The summed E-state index contributed by atoms with van der Waals surface area (Å²) in [5.41, 5.74) is 1.28. The van der Waals surface area contributed by atoms with Gasteiger partial charge in [0, 0.05) is 37.9 Å². The van der Waals surface area contributed by atoms with Crippen LogP contribution in [0.1, 0.15) is 39.2 Å². The SMILES string of the molecule is CCCN(CC)CCNCc1cnn(CCC)c1. The molecule has 0 aliphatic carbocycles. The third-order valence-corrected chi connectivity index (χ3v) is 3.06. The molecule has 104 valence electrons. The molecule has 4 heteroatoms. The van der Waals surface area contributed by atoms with E-state index in [2.05, 4.69) is 42.3 Å². The summed E-state index contributed by atoms with van der Waals surface area (Å²) in [6.45, 7) is 13.1. The topological polar surface area (TPSA) is 33.1 Å². The number of nitrogens with zero attached hydrogens (tertiary/aromatic N) is 3. The normalized spacial score (nSPS) is 11.3. The Bertz CT molecular complexity index is 308. The standard InChI is InChI=1S/C14H28N4/c1-4-8-17(6-3)10-7-15-11-14-12-16-18(13-14)9-5-2/h12-13,15H,4-11H2,1-3H3. The third kappa shape index (κ3) is 5.65. The van der Waals surface area contributed by atoms with Gasteiger partial charge in [-0.05, 0) is 25.9 Å². The van der Waals surface area contributed by atoms with Crippen LogP contribution in [0.5, 0.6) is 0 Å². The zero-order valence-corrected chi connectivity index (χ0v) is 12.2. The maximum absolute atomic E-state index is 4.33. The molecular formula is C14H28N4. The van der Waals surface area contributed by atoms with Crippen LogP contribution in [0.3, 0.4) is 0 Å². The number of aromatic nitrogens is 2. The first-order valence-electron chi connectivity index (χ1n) is 7.24. The zero-order valence-electron chi connectivity index (χ0n) is 12.2. The molecule has 0 saturated carbocycles. The minimum atomic E-state index is 0.924. The maximum atomic E-state index is 4.33. The fourth-order valence-electron chi connectivity index (χ4n) is 2.06. The summed E-state index contributed by atoms with van der Waals surface area (Å²) >= 11 is 0. The van der Waals surface area contributed by atoms with E-state index in [4.69, 9.17) is 0 Å². The van der Waals surface area contributed by atoms with Crippen LogP contribution in [-0.2, 0) is 13.1 Å². The fraction of sp³-hybridized carbons (Fsp3) is 0.786. The molecule has 0 spiro atoms. The molecule has 0 amide bonds. The minimum Gasteiger partial charge on any atom is -0.311 e. The van der Waals surface area contributed by atoms with Gasteiger partial charge in [-0.1, -0.05) is 20.8 Å². The molecule has 1 aromatic rings. The minimum absolute atomic E-state index is 0.924. The summed E-state index contributed by atoms with van der Waals surface area (Å²) in [4.78, 5) is 2.48. The van der Waals surface area contributed by atoms with Gasteiger partial charge in [0.1, 0.15) is 0 Å². The van der Waals surface area contributed by atoms with Gasteiger partial charge in [-0.2, -0.15) is 5.10 Å². The van der Waals surface area contributed by atoms with Gasteiger partial charge >= 0.3 is 0 Å². The molecule has 0 bridgehead atoms. The third-order valence-electron chi connectivity index (χ3n) is 3.06. The zero-order chi connectivity index (χ0) is 13.2. The van der Waals surface area contributed by atoms with Crippen LogP contribution in [0.4, 0.5) is 0 Å². The first-order valence-corrected chi connectivity index (χ1v) is 7.24. The van der Waals surface area contributed by atoms with Gasteiger partial charge in [-0.25, -0.2) is 0 Å². The van der Waals surface area contributed by atoms with Crippen molar-refractivity contribution in [3.8, 4) is 0 Å². The first-order chi connectivity index (χ1) is 8.80. The highest BCUT2D eigenvalue weighted by Gasteiger charge is 2.01. The van der Waals surface area contributed by atoms with Crippen LogP contribution in [0, 0.1) is 0 Å². The summed E-state index contributed by atoms with van der Waals surface area (Å²) in [5, 5.41) is 7.82. The Balaban J connectivity index is 2.16. The van der Waals surface area contributed by atoms with Gasteiger partial charge in [-0.3, -0.25) is 4.68 Å². The first kappa shape index (κ1) is 15.2.